The smallest absolute Gasteiger partial charge is 0.132 e. The van der Waals surface area contributed by atoms with Crippen LogP contribution in [0.4, 0.5) is 0 Å². The summed E-state index contributed by atoms with van der Waals surface area (Å²) in [5.74, 6) is 0.333. The minimum absolute atomic E-state index is 0.154. The van der Waals surface area contributed by atoms with Crippen LogP contribution in [0.25, 0.3) is 0 Å². The van der Waals surface area contributed by atoms with Crippen LogP contribution < -0.4 is 5.73 Å². The first-order chi connectivity index (χ1) is 6.97. The molecule has 0 aromatic heterocycles. The van der Waals surface area contributed by atoms with Gasteiger partial charge in [-0.25, -0.2) is 0 Å². The number of benzene rings is 1. The van der Waals surface area contributed by atoms with Crippen LogP contribution in [0.2, 0.25) is 0 Å². The van der Waals surface area contributed by atoms with Gasteiger partial charge in [0.05, 0.1) is 4.47 Å². The fourth-order valence-corrected chi connectivity index (χ4v) is 2.72. The van der Waals surface area contributed by atoms with Crippen LogP contribution in [0.15, 0.2) is 16.6 Å². The second-order valence-electron chi connectivity index (χ2n) is 4.57. The summed E-state index contributed by atoms with van der Waals surface area (Å²) in [5.41, 5.74) is 8.34. The molecule has 0 spiro atoms. The van der Waals surface area contributed by atoms with Crippen LogP contribution in [0.5, 0.6) is 5.75 Å². The van der Waals surface area contributed by atoms with Crippen molar-refractivity contribution in [1.29, 1.82) is 0 Å². The second-order valence-corrected chi connectivity index (χ2v) is 5.42. The molecule has 0 saturated heterocycles. The molecule has 0 radical (unpaired) electrons. The van der Waals surface area contributed by atoms with E-state index in [0.29, 0.717) is 5.75 Å². The Morgan fingerprint density at radius 1 is 1.47 bits per heavy atom. The number of nitrogens with two attached hydrogens (primary N) is 1. The molecule has 1 atom stereocenters. The molecule has 1 saturated carbocycles. The van der Waals surface area contributed by atoms with Gasteiger partial charge in [0.1, 0.15) is 5.75 Å². The van der Waals surface area contributed by atoms with Crippen LogP contribution in [-0.4, -0.2) is 11.1 Å². The molecule has 0 heterocycles. The molecule has 3 N–H and O–H groups in total. The summed E-state index contributed by atoms with van der Waals surface area (Å²) in [5, 5.41) is 9.68. The van der Waals surface area contributed by atoms with E-state index in [4.69, 9.17) is 5.73 Å². The molecular formula is C12H16BrNO. The van der Waals surface area contributed by atoms with E-state index < -0.39 is 0 Å². The number of aromatic hydroxyl groups is 1. The lowest BCUT2D eigenvalue weighted by Crippen LogP contribution is -2.31. The third-order valence-corrected chi connectivity index (χ3v) is 4.09. The van der Waals surface area contributed by atoms with Gasteiger partial charge >= 0.3 is 0 Å². The summed E-state index contributed by atoms with van der Waals surface area (Å²) in [6.45, 7) is 3.98. The number of phenols is 1. The maximum Gasteiger partial charge on any atom is 0.132 e. The van der Waals surface area contributed by atoms with Gasteiger partial charge in [-0.3, -0.25) is 0 Å². The SMILES string of the molecule is Cc1cc(C2(C(C)N)CC2)cc(Br)c1O. The largest absolute Gasteiger partial charge is 0.506 e. The molecule has 0 bridgehead atoms. The van der Waals surface area contributed by atoms with Crippen molar-refractivity contribution in [3.05, 3.63) is 27.7 Å². The van der Waals surface area contributed by atoms with Crippen LogP contribution in [-0.2, 0) is 5.41 Å². The molecule has 1 aromatic rings. The first-order valence-corrected chi connectivity index (χ1v) is 6.02. The topological polar surface area (TPSA) is 46.2 Å². The lowest BCUT2D eigenvalue weighted by Gasteiger charge is -2.21. The number of halogens is 1. The zero-order valence-electron chi connectivity index (χ0n) is 9.05. The fourth-order valence-electron chi connectivity index (χ4n) is 2.17. The van der Waals surface area contributed by atoms with Crippen LogP contribution in [0.3, 0.4) is 0 Å². The van der Waals surface area contributed by atoms with Crippen molar-refractivity contribution in [3.8, 4) is 5.75 Å². The molecule has 1 fully saturated rings. The van der Waals surface area contributed by atoms with Gasteiger partial charge in [-0.1, -0.05) is 6.07 Å². The molecule has 0 amide bonds. The van der Waals surface area contributed by atoms with Crippen molar-refractivity contribution in [2.45, 2.75) is 38.1 Å². The van der Waals surface area contributed by atoms with Gasteiger partial charge in [0.2, 0.25) is 0 Å². The van der Waals surface area contributed by atoms with E-state index in [0.717, 1.165) is 22.9 Å². The van der Waals surface area contributed by atoms with Crippen LogP contribution in [0, 0.1) is 6.92 Å². The molecule has 0 aliphatic heterocycles. The van der Waals surface area contributed by atoms with Crippen molar-refractivity contribution in [2.75, 3.05) is 0 Å². The zero-order chi connectivity index (χ0) is 11.2. The quantitative estimate of drug-likeness (QED) is 0.868. The highest BCUT2D eigenvalue weighted by molar-refractivity contribution is 9.10. The van der Waals surface area contributed by atoms with Gasteiger partial charge < -0.3 is 10.8 Å². The third kappa shape index (κ3) is 1.68. The molecule has 1 unspecified atom stereocenters. The Morgan fingerprint density at radius 2 is 2.07 bits per heavy atom. The summed E-state index contributed by atoms with van der Waals surface area (Å²) in [6.07, 6.45) is 2.31. The molecule has 1 aliphatic carbocycles. The second kappa shape index (κ2) is 3.49. The molecule has 82 valence electrons. The monoisotopic (exact) mass is 269 g/mol. The zero-order valence-corrected chi connectivity index (χ0v) is 10.6. The van der Waals surface area contributed by atoms with Crippen molar-refractivity contribution in [2.24, 2.45) is 5.73 Å². The van der Waals surface area contributed by atoms with Gasteiger partial charge in [-0.2, -0.15) is 0 Å². The Balaban J connectivity index is 2.47. The Labute approximate surface area is 98.6 Å². The predicted molar refractivity (Wildman–Crippen MR) is 65.1 cm³/mol. The molecule has 1 aromatic carbocycles. The highest BCUT2D eigenvalue weighted by Crippen LogP contribution is 2.51. The molecular weight excluding hydrogens is 254 g/mol. The van der Waals surface area contributed by atoms with E-state index in [9.17, 15) is 5.11 Å². The van der Waals surface area contributed by atoms with E-state index in [1.165, 1.54) is 5.56 Å². The first-order valence-electron chi connectivity index (χ1n) is 5.22. The van der Waals surface area contributed by atoms with Gasteiger partial charge in [-0.05, 0) is 59.8 Å². The number of aryl methyl sites for hydroxylation is 1. The van der Waals surface area contributed by atoms with E-state index in [-0.39, 0.29) is 11.5 Å². The average molecular weight is 270 g/mol. The summed E-state index contributed by atoms with van der Waals surface area (Å²) in [7, 11) is 0. The van der Waals surface area contributed by atoms with Gasteiger partial charge in [-0.15, -0.1) is 0 Å². The molecule has 2 rings (SSSR count). The highest BCUT2D eigenvalue weighted by Gasteiger charge is 2.47. The average Bonchev–Trinajstić information content (AvgIpc) is 2.93. The summed E-state index contributed by atoms with van der Waals surface area (Å²) >= 11 is 3.38. The van der Waals surface area contributed by atoms with E-state index in [1.54, 1.807) is 0 Å². The van der Waals surface area contributed by atoms with E-state index in [2.05, 4.69) is 28.9 Å². The van der Waals surface area contributed by atoms with Gasteiger partial charge in [0, 0.05) is 11.5 Å². The van der Waals surface area contributed by atoms with Crippen LogP contribution >= 0.6 is 15.9 Å². The lowest BCUT2D eigenvalue weighted by atomic mass is 9.88. The van der Waals surface area contributed by atoms with E-state index in [1.807, 2.05) is 13.0 Å². The minimum Gasteiger partial charge on any atom is -0.506 e. The maximum atomic E-state index is 9.68. The summed E-state index contributed by atoms with van der Waals surface area (Å²) in [6, 6.07) is 4.23. The van der Waals surface area contributed by atoms with Crippen LogP contribution in [0.1, 0.15) is 30.9 Å². The fraction of sp³-hybridized carbons (Fsp3) is 0.500. The Hall–Kier alpha value is -0.540. The number of rotatable bonds is 2. The van der Waals surface area contributed by atoms with E-state index >= 15 is 0 Å². The summed E-state index contributed by atoms with van der Waals surface area (Å²) in [4.78, 5) is 0. The Bertz CT molecular complexity index is 374. The number of hydrogen-bond donors (Lipinski definition) is 2. The summed E-state index contributed by atoms with van der Waals surface area (Å²) < 4.78 is 0.768. The standard InChI is InChI=1S/C12H16BrNO/c1-7-5-9(6-10(13)11(7)15)12(3-4-12)8(2)14/h5-6,8,15H,3-4,14H2,1-2H3. The van der Waals surface area contributed by atoms with Gasteiger partial charge in [0.15, 0.2) is 0 Å². The number of hydrogen-bond acceptors (Lipinski definition) is 2. The first kappa shape index (κ1) is 11.0. The predicted octanol–water partition coefficient (Wildman–Crippen LogP) is 2.84. The normalized spacial score (nSPS) is 20.0. The Morgan fingerprint density at radius 3 is 2.47 bits per heavy atom. The highest BCUT2D eigenvalue weighted by atomic mass is 79.9. The molecule has 15 heavy (non-hydrogen) atoms. The maximum absolute atomic E-state index is 9.68. The van der Waals surface area contributed by atoms with Crippen molar-refractivity contribution in [1.82, 2.24) is 0 Å². The third-order valence-electron chi connectivity index (χ3n) is 3.49. The Kier molecular flexibility index (Phi) is 2.55. The van der Waals surface area contributed by atoms with Crippen molar-refractivity contribution in [3.63, 3.8) is 0 Å². The van der Waals surface area contributed by atoms with Crippen molar-refractivity contribution >= 4 is 15.9 Å². The van der Waals surface area contributed by atoms with Gasteiger partial charge in [0.25, 0.3) is 0 Å². The minimum atomic E-state index is 0.154. The number of phenolic OH excluding ortho intramolecular Hbond substituents is 1. The molecule has 1 aliphatic rings. The molecule has 3 heteroatoms. The van der Waals surface area contributed by atoms with Crippen molar-refractivity contribution < 1.29 is 5.11 Å². The molecule has 2 nitrogen and oxygen atoms in total. The lowest BCUT2D eigenvalue weighted by molar-refractivity contribution is 0.466.